The lowest BCUT2D eigenvalue weighted by atomic mass is 9.98. The van der Waals surface area contributed by atoms with Crippen LogP contribution < -0.4 is 0 Å². The van der Waals surface area contributed by atoms with Crippen LogP contribution >= 0.6 is 0 Å². The van der Waals surface area contributed by atoms with E-state index in [-0.39, 0.29) is 0 Å². The molecule has 0 aliphatic rings. The normalized spacial score (nSPS) is 10.0. The fourth-order valence-corrected chi connectivity index (χ4v) is 2.51. The first-order valence-electron chi connectivity index (χ1n) is 8.03. The molecule has 2 rings (SSSR count). The predicted octanol–water partition coefficient (Wildman–Crippen LogP) is 5.09. The minimum Gasteiger partial charge on any atom is -0.508 e. The monoisotopic (exact) mass is 300 g/mol. The molecule has 0 heterocycles. The van der Waals surface area contributed by atoms with Crippen LogP contribution in [0.5, 0.6) is 11.5 Å². The summed E-state index contributed by atoms with van der Waals surface area (Å²) in [6, 6.07) is 9.81. The molecule has 0 bridgehead atoms. The Hall–Kier alpha value is -1.96. The van der Waals surface area contributed by atoms with Crippen molar-refractivity contribution in [3.63, 3.8) is 0 Å². The third-order valence-corrected chi connectivity index (χ3v) is 3.96. The highest BCUT2D eigenvalue weighted by molar-refractivity contribution is 5.43. The second-order valence-corrected chi connectivity index (χ2v) is 5.55. The standard InChI is InChI=1S/C12H18O.C8H10O/c1-4-9-7-10(5-2)11(6-3)12(13)8-9;1-6-4-3-5-7(2)8(6)9/h7-8,13H,4-6H2,1-3H3;3-5,9H,1-2H3. The van der Waals surface area contributed by atoms with Gasteiger partial charge in [-0.3, -0.25) is 0 Å². The van der Waals surface area contributed by atoms with Gasteiger partial charge in [0.25, 0.3) is 0 Å². The van der Waals surface area contributed by atoms with Crippen molar-refractivity contribution in [3.8, 4) is 11.5 Å². The summed E-state index contributed by atoms with van der Waals surface area (Å²) in [5.74, 6) is 0.885. The largest absolute Gasteiger partial charge is 0.508 e. The number of aromatic hydroxyl groups is 2. The Balaban J connectivity index is 0.000000235. The molecular weight excluding hydrogens is 272 g/mol. The highest BCUT2D eigenvalue weighted by atomic mass is 16.3. The van der Waals surface area contributed by atoms with Gasteiger partial charge in [0.05, 0.1) is 0 Å². The van der Waals surface area contributed by atoms with E-state index in [9.17, 15) is 10.2 Å². The number of hydrogen-bond donors (Lipinski definition) is 2. The third-order valence-electron chi connectivity index (χ3n) is 3.96. The van der Waals surface area contributed by atoms with Crippen molar-refractivity contribution < 1.29 is 10.2 Å². The van der Waals surface area contributed by atoms with Crippen LogP contribution in [0.25, 0.3) is 0 Å². The first-order valence-corrected chi connectivity index (χ1v) is 8.03. The number of para-hydroxylation sites is 1. The van der Waals surface area contributed by atoms with Crippen molar-refractivity contribution in [2.75, 3.05) is 0 Å². The highest BCUT2D eigenvalue weighted by Crippen LogP contribution is 2.25. The molecule has 0 radical (unpaired) electrons. The summed E-state index contributed by atoms with van der Waals surface area (Å²) < 4.78 is 0. The lowest BCUT2D eigenvalue weighted by molar-refractivity contribution is 0.466. The van der Waals surface area contributed by atoms with Gasteiger partial charge in [-0.1, -0.05) is 45.0 Å². The molecule has 0 amide bonds. The van der Waals surface area contributed by atoms with Crippen LogP contribution in [-0.4, -0.2) is 10.2 Å². The predicted molar refractivity (Wildman–Crippen MR) is 93.8 cm³/mol. The fraction of sp³-hybridized carbons (Fsp3) is 0.400. The average molecular weight is 300 g/mol. The van der Waals surface area contributed by atoms with Gasteiger partial charge >= 0.3 is 0 Å². The van der Waals surface area contributed by atoms with Gasteiger partial charge in [-0.25, -0.2) is 0 Å². The molecule has 0 aromatic heterocycles. The first kappa shape index (κ1) is 18.1. The molecule has 0 saturated heterocycles. The maximum atomic E-state index is 9.73. The molecule has 0 fully saturated rings. The Kier molecular flexibility index (Phi) is 6.97. The summed E-state index contributed by atoms with van der Waals surface area (Å²) in [4.78, 5) is 0. The minimum atomic E-state index is 0.414. The molecular formula is C20H28O2. The summed E-state index contributed by atoms with van der Waals surface area (Å²) >= 11 is 0. The van der Waals surface area contributed by atoms with Gasteiger partial charge in [-0.15, -0.1) is 0 Å². The van der Waals surface area contributed by atoms with Gasteiger partial charge in [-0.2, -0.15) is 0 Å². The Morgan fingerprint density at radius 1 is 0.818 bits per heavy atom. The molecule has 2 aromatic rings. The molecule has 2 nitrogen and oxygen atoms in total. The van der Waals surface area contributed by atoms with Crippen LogP contribution in [0.15, 0.2) is 30.3 Å². The Bertz CT molecular complexity index is 595. The molecule has 0 aliphatic heterocycles. The van der Waals surface area contributed by atoms with Crippen LogP contribution in [0.4, 0.5) is 0 Å². The van der Waals surface area contributed by atoms with E-state index in [4.69, 9.17) is 0 Å². The molecule has 2 N–H and O–H groups in total. The Morgan fingerprint density at radius 2 is 1.41 bits per heavy atom. The van der Waals surface area contributed by atoms with Gasteiger partial charge in [0.1, 0.15) is 11.5 Å². The van der Waals surface area contributed by atoms with Gasteiger partial charge in [0.15, 0.2) is 0 Å². The quantitative estimate of drug-likeness (QED) is 0.829. The van der Waals surface area contributed by atoms with Crippen molar-refractivity contribution in [2.45, 2.75) is 53.9 Å². The molecule has 0 saturated carbocycles. The third kappa shape index (κ3) is 4.52. The van der Waals surface area contributed by atoms with E-state index in [1.54, 1.807) is 0 Å². The van der Waals surface area contributed by atoms with E-state index < -0.39 is 0 Å². The number of phenols is 2. The summed E-state index contributed by atoms with van der Waals surface area (Å²) in [6.45, 7) is 10.1. The zero-order chi connectivity index (χ0) is 16.7. The van der Waals surface area contributed by atoms with E-state index in [0.717, 1.165) is 36.0 Å². The zero-order valence-electron chi connectivity index (χ0n) is 14.4. The Labute approximate surface area is 134 Å². The summed E-state index contributed by atoms with van der Waals surface area (Å²) in [6.07, 6.45) is 2.91. The van der Waals surface area contributed by atoms with Crippen LogP contribution in [0.2, 0.25) is 0 Å². The molecule has 0 atom stereocenters. The van der Waals surface area contributed by atoms with Crippen molar-refractivity contribution in [1.29, 1.82) is 0 Å². The second-order valence-electron chi connectivity index (χ2n) is 5.55. The van der Waals surface area contributed by atoms with E-state index in [1.165, 1.54) is 11.1 Å². The molecule has 0 unspecified atom stereocenters. The maximum absolute atomic E-state index is 9.73. The van der Waals surface area contributed by atoms with Crippen LogP contribution in [0.3, 0.4) is 0 Å². The minimum absolute atomic E-state index is 0.414. The van der Waals surface area contributed by atoms with E-state index in [2.05, 4.69) is 26.8 Å². The topological polar surface area (TPSA) is 40.5 Å². The second kappa shape index (κ2) is 8.47. The van der Waals surface area contributed by atoms with Gasteiger partial charge in [0.2, 0.25) is 0 Å². The van der Waals surface area contributed by atoms with Crippen molar-refractivity contribution in [1.82, 2.24) is 0 Å². The van der Waals surface area contributed by atoms with Crippen molar-refractivity contribution in [3.05, 3.63) is 58.1 Å². The maximum Gasteiger partial charge on any atom is 0.121 e. The van der Waals surface area contributed by atoms with Crippen molar-refractivity contribution in [2.24, 2.45) is 0 Å². The van der Waals surface area contributed by atoms with Gasteiger partial charge in [-0.05, 0) is 67.0 Å². The number of rotatable bonds is 3. The molecule has 22 heavy (non-hydrogen) atoms. The summed E-state index contributed by atoms with van der Waals surface area (Å²) in [5, 5.41) is 18.9. The van der Waals surface area contributed by atoms with Crippen molar-refractivity contribution >= 4 is 0 Å². The number of hydrogen-bond acceptors (Lipinski definition) is 2. The van der Waals surface area contributed by atoms with Gasteiger partial charge in [0, 0.05) is 0 Å². The summed E-state index contributed by atoms with van der Waals surface area (Å²) in [5.41, 5.74) is 5.51. The molecule has 2 heteroatoms. The molecule has 0 aliphatic carbocycles. The number of phenolic OH excluding ortho intramolecular Hbond substituents is 2. The molecule has 2 aromatic carbocycles. The van der Waals surface area contributed by atoms with E-state index in [1.807, 2.05) is 38.1 Å². The fourth-order valence-electron chi connectivity index (χ4n) is 2.51. The molecule has 0 spiro atoms. The van der Waals surface area contributed by atoms with Crippen LogP contribution in [-0.2, 0) is 19.3 Å². The van der Waals surface area contributed by atoms with Crippen LogP contribution in [0.1, 0.15) is 48.6 Å². The van der Waals surface area contributed by atoms with E-state index >= 15 is 0 Å². The van der Waals surface area contributed by atoms with E-state index in [0.29, 0.717) is 11.5 Å². The summed E-state index contributed by atoms with van der Waals surface area (Å²) in [7, 11) is 0. The zero-order valence-corrected chi connectivity index (χ0v) is 14.4. The first-order chi connectivity index (χ1) is 10.4. The van der Waals surface area contributed by atoms with Crippen LogP contribution in [0, 0.1) is 13.8 Å². The number of benzene rings is 2. The highest BCUT2D eigenvalue weighted by Gasteiger charge is 2.06. The SMILES string of the molecule is CCc1cc(O)c(CC)c(CC)c1.Cc1cccc(C)c1O. The average Bonchev–Trinajstić information content (AvgIpc) is 2.52. The molecule has 120 valence electrons. The smallest absolute Gasteiger partial charge is 0.121 e. The lowest BCUT2D eigenvalue weighted by Crippen LogP contribution is -1.94. The van der Waals surface area contributed by atoms with Gasteiger partial charge < -0.3 is 10.2 Å². The number of aryl methyl sites for hydroxylation is 4. The Morgan fingerprint density at radius 3 is 1.82 bits per heavy atom. The lowest BCUT2D eigenvalue weighted by Gasteiger charge is -2.10.